The van der Waals surface area contributed by atoms with Gasteiger partial charge in [-0.15, -0.1) is 0 Å². The van der Waals surface area contributed by atoms with Gasteiger partial charge in [0.25, 0.3) is 0 Å². The van der Waals surface area contributed by atoms with E-state index in [9.17, 15) is 14.4 Å². The van der Waals surface area contributed by atoms with Crippen molar-refractivity contribution in [3.05, 3.63) is 0 Å². The summed E-state index contributed by atoms with van der Waals surface area (Å²) in [5, 5.41) is 0. The first-order valence-corrected chi connectivity index (χ1v) is 9.23. The zero-order valence-corrected chi connectivity index (χ0v) is 15.8. The van der Waals surface area contributed by atoms with Crippen LogP contribution in [0, 0.1) is 23.2 Å². The number of carbonyl (C=O) groups excluding carboxylic acids is 3. The van der Waals surface area contributed by atoms with Gasteiger partial charge < -0.3 is 4.90 Å². The lowest BCUT2D eigenvalue weighted by molar-refractivity contribution is -0.140. The number of hydrogen-bond donors (Lipinski definition) is 0. The van der Waals surface area contributed by atoms with E-state index < -0.39 is 0 Å². The Morgan fingerprint density at radius 3 is 2.29 bits per heavy atom. The van der Waals surface area contributed by atoms with E-state index in [-0.39, 0.29) is 35.0 Å². The largest absolute Gasteiger partial charge is 0.342 e. The lowest BCUT2D eigenvalue weighted by atomic mass is 9.76. The number of carbonyl (C=O) groups is 3. The van der Waals surface area contributed by atoms with Crippen molar-refractivity contribution in [3.8, 4) is 0 Å². The molecule has 1 unspecified atom stereocenters. The number of unbranched alkanes of at least 4 members (excludes halogenated alkanes) is 1. The average Bonchev–Trinajstić information content (AvgIpc) is 2.67. The molecule has 0 aromatic carbocycles. The number of imide groups is 1. The molecule has 0 spiro atoms. The summed E-state index contributed by atoms with van der Waals surface area (Å²) in [5.41, 5.74) is 0.264. The third-order valence-electron chi connectivity index (χ3n) is 5.56. The molecule has 0 bridgehead atoms. The predicted octanol–water partition coefficient (Wildman–Crippen LogP) is 2.69. The molecule has 1 atom stereocenters. The Bertz CT molecular complexity index is 501. The maximum Gasteiger partial charge on any atom is 0.233 e. The van der Waals surface area contributed by atoms with Crippen molar-refractivity contribution < 1.29 is 14.4 Å². The quantitative estimate of drug-likeness (QED) is 0.553. The van der Waals surface area contributed by atoms with E-state index in [0.29, 0.717) is 31.7 Å². The molecule has 0 saturated carbocycles. The topological polar surface area (TPSA) is 57.7 Å². The van der Waals surface area contributed by atoms with E-state index in [1.165, 1.54) is 4.90 Å². The van der Waals surface area contributed by atoms with Crippen molar-refractivity contribution in [1.82, 2.24) is 9.80 Å². The summed E-state index contributed by atoms with van der Waals surface area (Å²) in [6.45, 7) is 12.8. The van der Waals surface area contributed by atoms with Gasteiger partial charge in [-0.25, -0.2) is 0 Å². The van der Waals surface area contributed by atoms with Crippen molar-refractivity contribution >= 4 is 17.7 Å². The van der Waals surface area contributed by atoms with E-state index >= 15 is 0 Å². The van der Waals surface area contributed by atoms with Crippen LogP contribution in [-0.4, -0.2) is 47.2 Å². The first-order chi connectivity index (χ1) is 11.1. The summed E-state index contributed by atoms with van der Waals surface area (Å²) >= 11 is 0. The second kappa shape index (κ2) is 7.24. The van der Waals surface area contributed by atoms with Crippen LogP contribution in [0.4, 0.5) is 0 Å². The zero-order chi connectivity index (χ0) is 18.1. The Kier molecular flexibility index (Phi) is 5.71. The highest BCUT2D eigenvalue weighted by molar-refractivity contribution is 6.03. The van der Waals surface area contributed by atoms with Crippen LogP contribution < -0.4 is 0 Å². The van der Waals surface area contributed by atoms with Crippen LogP contribution in [0.25, 0.3) is 0 Å². The molecule has 0 aromatic rings. The third-order valence-corrected chi connectivity index (χ3v) is 5.56. The molecule has 3 amide bonds. The Hall–Kier alpha value is -1.39. The van der Waals surface area contributed by atoms with Crippen molar-refractivity contribution in [2.45, 2.75) is 60.3 Å². The lowest BCUT2D eigenvalue weighted by Gasteiger charge is -2.46. The van der Waals surface area contributed by atoms with Crippen LogP contribution in [0.15, 0.2) is 0 Å². The minimum Gasteiger partial charge on any atom is -0.342 e. The van der Waals surface area contributed by atoms with Gasteiger partial charge in [0, 0.05) is 38.4 Å². The maximum absolute atomic E-state index is 12.2. The van der Waals surface area contributed by atoms with Crippen molar-refractivity contribution in [3.63, 3.8) is 0 Å². The minimum absolute atomic E-state index is 0.0305. The summed E-state index contributed by atoms with van der Waals surface area (Å²) in [6.07, 6.45) is 2.31. The van der Waals surface area contributed by atoms with Crippen LogP contribution in [-0.2, 0) is 14.4 Å². The molecule has 0 aliphatic carbocycles. The maximum atomic E-state index is 12.2. The highest BCUT2D eigenvalue weighted by Crippen LogP contribution is 2.34. The van der Waals surface area contributed by atoms with Crippen LogP contribution in [0.1, 0.15) is 60.3 Å². The number of likely N-dealkylation sites (tertiary alicyclic amines) is 2. The van der Waals surface area contributed by atoms with Crippen molar-refractivity contribution in [2.75, 3.05) is 19.6 Å². The molecule has 2 fully saturated rings. The van der Waals surface area contributed by atoms with E-state index in [1.807, 2.05) is 18.7 Å². The van der Waals surface area contributed by atoms with Gasteiger partial charge in [0.05, 0.1) is 0 Å². The van der Waals surface area contributed by atoms with E-state index in [0.717, 1.165) is 19.5 Å². The molecule has 2 rings (SSSR count). The van der Waals surface area contributed by atoms with E-state index in [1.54, 1.807) is 0 Å². The molecule has 24 heavy (non-hydrogen) atoms. The number of rotatable bonds is 6. The molecule has 2 aliphatic heterocycles. The fourth-order valence-corrected chi connectivity index (χ4v) is 3.40. The van der Waals surface area contributed by atoms with Gasteiger partial charge in [-0.2, -0.15) is 0 Å². The summed E-state index contributed by atoms with van der Waals surface area (Å²) in [6, 6.07) is 0. The summed E-state index contributed by atoms with van der Waals surface area (Å²) in [4.78, 5) is 39.6. The lowest BCUT2D eigenvalue weighted by Crippen LogP contribution is -2.54. The average molecular weight is 336 g/mol. The third kappa shape index (κ3) is 4.17. The molecule has 5 nitrogen and oxygen atoms in total. The van der Waals surface area contributed by atoms with E-state index in [2.05, 4.69) is 20.8 Å². The molecular weight excluding hydrogens is 304 g/mol. The molecular formula is C19H32N2O3. The first-order valence-electron chi connectivity index (χ1n) is 9.23. The number of hydrogen-bond acceptors (Lipinski definition) is 3. The number of nitrogens with zero attached hydrogens (tertiary/aromatic N) is 2. The predicted molar refractivity (Wildman–Crippen MR) is 93.0 cm³/mol. The molecule has 136 valence electrons. The van der Waals surface area contributed by atoms with Crippen LogP contribution >= 0.6 is 0 Å². The summed E-state index contributed by atoms with van der Waals surface area (Å²) in [5.74, 6) is 0.756. The monoisotopic (exact) mass is 336 g/mol. The van der Waals surface area contributed by atoms with E-state index in [4.69, 9.17) is 0 Å². The second-order valence-electron chi connectivity index (χ2n) is 8.76. The molecule has 2 saturated heterocycles. The van der Waals surface area contributed by atoms with Crippen LogP contribution in [0.2, 0.25) is 0 Å². The van der Waals surface area contributed by atoms with Crippen molar-refractivity contribution in [1.29, 1.82) is 0 Å². The van der Waals surface area contributed by atoms with Gasteiger partial charge in [-0.3, -0.25) is 19.3 Å². The molecule has 0 N–H and O–H groups in total. The molecule has 5 heteroatoms. The minimum atomic E-state index is -0.158. The van der Waals surface area contributed by atoms with Crippen LogP contribution in [0.3, 0.4) is 0 Å². The van der Waals surface area contributed by atoms with Gasteiger partial charge in [0.15, 0.2) is 0 Å². The van der Waals surface area contributed by atoms with Gasteiger partial charge in [-0.1, -0.05) is 34.6 Å². The molecule has 2 aliphatic rings. The number of amides is 3. The highest BCUT2D eigenvalue weighted by atomic mass is 16.2. The fraction of sp³-hybridized carbons (Fsp3) is 0.842. The van der Waals surface area contributed by atoms with Gasteiger partial charge in [0.2, 0.25) is 17.7 Å². The summed E-state index contributed by atoms with van der Waals surface area (Å²) in [7, 11) is 0. The zero-order valence-electron chi connectivity index (χ0n) is 15.8. The Balaban J connectivity index is 1.66. The van der Waals surface area contributed by atoms with Crippen LogP contribution in [0.5, 0.6) is 0 Å². The van der Waals surface area contributed by atoms with Gasteiger partial charge in [-0.05, 0) is 30.1 Å². The Morgan fingerprint density at radius 2 is 1.79 bits per heavy atom. The van der Waals surface area contributed by atoms with Crippen molar-refractivity contribution in [2.24, 2.45) is 23.2 Å². The van der Waals surface area contributed by atoms with Gasteiger partial charge >= 0.3 is 0 Å². The van der Waals surface area contributed by atoms with Gasteiger partial charge in [0.1, 0.15) is 0 Å². The smallest absolute Gasteiger partial charge is 0.233 e. The normalized spacial score (nSPS) is 22.5. The highest BCUT2D eigenvalue weighted by Gasteiger charge is 2.40. The Morgan fingerprint density at radius 1 is 1.17 bits per heavy atom. The standard InChI is InChI=1S/C19H32N2O3/c1-13(2)15-10-17(23)21(18(15)24)9-7-6-8-16(22)20-11-14(12-20)19(3,4)5/h13-15H,6-12H2,1-5H3. The molecule has 0 radical (unpaired) electrons. The SMILES string of the molecule is CC(C)C1CC(=O)N(CCCCC(=O)N2CC(C(C)(C)C)C2)C1=O. The Labute approximate surface area is 145 Å². The summed E-state index contributed by atoms with van der Waals surface area (Å²) < 4.78 is 0. The molecule has 2 heterocycles. The molecule has 0 aromatic heterocycles. The first kappa shape index (κ1) is 18.9. The fourth-order valence-electron chi connectivity index (χ4n) is 3.40. The second-order valence-corrected chi connectivity index (χ2v) is 8.76.